The normalized spacial score (nSPS) is 18.3. The summed E-state index contributed by atoms with van der Waals surface area (Å²) in [5.74, 6) is 0.900. The lowest BCUT2D eigenvalue weighted by atomic mass is 9.90. The molecule has 1 aliphatic heterocycles. The smallest absolute Gasteiger partial charge is 0.0468 e. The van der Waals surface area contributed by atoms with Gasteiger partial charge in [0.25, 0.3) is 0 Å². The maximum atomic E-state index is 5.47. The van der Waals surface area contributed by atoms with E-state index < -0.39 is 0 Å². The Morgan fingerprint density at radius 3 is 2.25 bits per heavy atom. The van der Waals surface area contributed by atoms with Gasteiger partial charge in [-0.25, -0.2) is 0 Å². The lowest BCUT2D eigenvalue weighted by Gasteiger charge is -2.27. The van der Waals surface area contributed by atoms with Crippen molar-refractivity contribution in [2.45, 2.75) is 90.5 Å². The Balaban J connectivity index is 2.05. The van der Waals surface area contributed by atoms with Crippen LogP contribution in [0.1, 0.15) is 84.5 Å². The van der Waals surface area contributed by atoms with Gasteiger partial charge in [-0.3, -0.25) is 0 Å². The molecule has 120 valence electrons. The molecular formula is C18H37NO. The zero-order valence-electron chi connectivity index (χ0n) is 14.0. The molecule has 1 N–H and O–H groups in total. The molecule has 1 rings (SSSR count). The average molecular weight is 284 g/mol. The van der Waals surface area contributed by atoms with E-state index in [2.05, 4.69) is 19.2 Å². The number of nitrogens with one attached hydrogen (secondary N) is 1. The Morgan fingerprint density at radius 1 is 0.950 bits per heavy atom. The zero-order chi connectivity index (χ0) is 14.5. The van der Waals surface area contributed by atoms with Gasteiger partial charge >= 0.3 is 0 Å². The second kappa shape index (κ2) is 12.6. The number of hydrogen-bond donors (Lipinski definition) is 1. The molecule has 0 amide bonds. The first-order valence-electron chi connectivity index (χ1n) is 9.18. The molecule has 0 radical (unpaired) electrons. The summed E-state index contributed by atoms with van der Waals surface area (Å²) in [6.07, 6.45) is 15.2. The molecule has 0 spiro atoms. The van der Waals surface area contributed by atoms with Crippen LogP contribution >= 0.6 is 0 Å². The molecule has 0 aromatic heterocycles. The highest BCUT2D eigenvalue weighted by Crippen LogP contribution is 2.22. The topological polar surface area (TPSA) is 21.3 Å². The molecule has 1 heterocycles. The average Bonchev–Trinajstić information content (AvgIpc) is 2.47. The van der Waals surface area contributed by atoms with Crippen LogP contribution in [0.25, 0.3) is 0 Å². The number of unbranched alkanes of at least 4 members (excludes halogenated alkanes) is 6. The van der Waals surface area contributed by atoms with E-state index in [9.17, 15) is 0 Å². The first kappa shape index (κ1) is 18.0. The Kier molecular flexibility index (Phi) is 11.4. The van der Waals surface area contributed by atoms with E-state index in [4.69, 9.17) is 4.74 Å². The Hall–Kier alpha value is -0.0800. The Bertz CT molecular complexity index is 202. The van der Waals surface area contributed by atoms with Crippen LogP contribution in [0.5, 0.6) is 0 Å². The van der Waals surface area contributed by atoms with Crippen LogP contribution in [0.4, 0.5) is 0 Å². The molecule has 2 nitrogen and oxygen atoms in total. The van der Waals surface area contributed by atoms with Gasteiger partial charge in [-0.15, -0.1) is 0 Å². The van der Waals surface area contributed by atoms with E-state index in [-0.39, 0.29) is 0 Å². The fourth-order valence-corrected chi connectivity index (χ4v) is 3.32. The number of hydrogen-bond acceptors (Lipinski definition) is 2. The summed E-state index contributed by atoms with van der Waals surface area (Å²) in [6.45, 7) is 7.62. The summed E-state index contributed by atoms with van der Waals surface area (Å²) >= 11 is 0. The van der Waals surface area contributed by atoms with Crippen molar-refractivity contribution in [2.24, 2.45) is 5.92 Å². The second-order valence-corrected chi connectivity index (χ2v) is 6.46. The highest BCUT2D eigenvalue weighted by Gasteiger charge is 2.18. The minimum Gasteiger partial charge on any atom is -0.381 e. The summed E-state index contributed by atoms with van der Waals surface area (Å²) in [4.78, 5) is 0. The Morgan fingerprint density at radius 2 is 1.60 bits per heavy atom. The van der Waals surface area contributed by atoms with E-state index >= 15 is 0 Å². The third-order valence-corrected chi connectivity index (χ3v) is 4.61. The predicted octanol–water partition coefficient (Wildman–Crippen LogP) is 4.92. The molecule has 0 saturated carbocycles. The summed E-state index contributed by atoms with van der Waals surface area (Å²) < 4.78 is 5.47. The molecule has 0 aliphatic carbocycles. The molecule has 1 aliphatic rings. The predicted molar refractivity (Wildman–Crippen MR) is 88.2 cm³/mol. The molecular weight excluding hydrogens is 246 g/mol. The number of rotatable bonds is 12. The molecule has 0 bridgehead atoms. The minimum absolute atomic E-state index is 0.749. The van der Waals surface area contributed by atoms with Gasteiger partial charge in [0, 0.05) is 19.3 Å². The summed E-state index contributed by atoms with van der Waals surface area (Å²) in [5, 5.41) is 3.70. The maximum Gasteiger partial charge on any atom is 0.0468 e. The molecule has 0 aromatic carbocycles. The molecule has 0 aromatic rings. The largest absolute Gasteiger partial charge is 0.381 e. The van der Waals surface area contributed by atoms with Gasteiger partial charge in [-0.1, -0.05) is 58.8 Å². The lowest BCUT2D eigenvalue weighted by molar-refractivity contribution is 0.0602. The minimum atomic E-state index is 0.749. The summed E-state index contributed by atoms with van der Waals surface area (Å²) in [7, 11) is 0. The van der Waals surface area contributed by atoms with E-state index in [1.165, 1.54) is 70.6 Å². The van der Waals surface area contributed by atoms with E-state index in [1.54, 1.807) is 0 Å². The van der Waals surface area contributed by atoms with Crippen molar-refractivity contribution < 1.29 is 4.74 Å². The van der Waals surface area contributed by atoms with Crippen molar-refractivity contribution in [1.82, 2.24) is 5.32 Å². The van der Waals surface area contributed by atoms with Crippen LogP contribution in [0.15, 0.2) is 0 Å². The van der Waals surface area contributed by atoms with Gasteiger partial charge in [-0.05, 0) is 38.1 Å². The van der Waals surface area contributed by atoms with Crippen molar-refractivity contribution in [3.8, 4) is 0 Å². The first-order chi connectivity index (χ1) is 9.86. The van der Waals surface area contributed by atoms with Crippen LogP contribution in [0, 0.1) is 5.92 Å². The van der Waals surface area contributed by atoms with Crippen molar-refractivity contribution >= 4 is 0 Å². The fraction of sp³-hybridized carbons (Fsp3) is 1.00. The van der Waals surface area contributed by atoms with Crippen molar-refractivity contribution in [3.05, 3.63) is 0 Å². The van der Waals surface area contributed by atoms with Crippen molar-refractivity contribution in [2.75, 3.05) is 19.8 Å². The van der Waals surface area contributed by atoms with Crippen LogP contribution in [0.3, 0.4) is 0 Å². The summed E-state index contributed by atoms with van der Waals surface area (Å²) in [6, 6.07) is 0.749. The van der Waals surface area contributed by atoms with Crippen LogP contribution in [-0.4, -0.2) is 25.8 Å². The maximum absolute atomic E-state index is 5.47. The number of ether oxygens (including phenoxy) is 1. The van der Waals surface area contributed by atoms with Gasteiger partial charge in [0.2, 0.25) is 0 Å². The molecule has 1 saturated heterocycles. The van der Waals surface area contributed by atoms with Gasteiger partial charge < -0.3 is 10.1 Å². The highest BCUT2D eigenvalue weighted by molar-refractivity contribution is 4.73. The first-order valence-corrected chi connectivity index (χ1v) is 9.18. The van der Waals surface area contributed by atoms with E-state index in [0.29, 0.717) is 0 Å². The van der Waals surface area contributed by atoms with E-state index in [1.807, 2.05) is 0 Å². The molecule has 1 fully saturated rings. The molecule has 1 unspecified atom stereocenters. The van der Waals surface area contributed by atoms with Crippen LogP contribution in [0.2, 0.25) is 0 Å². The highest BCUT2D eigenvalue weighted by atomic mass is 16.5. The van der Waals surface area contributed by atoms with Gasteiger partial charge in [-0.2, -0.15) is 0 Å². The SMILES string of the molecule is CCCCCCCCCC(CC1CCOCC1)NCC. The van der Waals surface area contributed by atoms with Crippen molar-refractivity contribution in [1.29, 1.82) is 0 Å². The zero-order valence-corrected chi connectivity index (χ0v) is 14.0. The molecule has 20 heavy (non-hydrogen) atoms. The van der Waals surface area contributed by atoms with Crippen LogP contribution < -0.4 is 5.32 Å². The van der Waals surface area contributed by atoms with E-state index in [0.717, 1.165) is 31.7 Å². The fourth-order valence-electron chi connectivity index (χ4n) is 3.32. The standard InChI is InChI=1S/C18H37NO/c1-3-5-6-7-8-9-10-11-18(19-4-2)16-17-12-14-20-15-13-17/h17-19H,3-16H2,1-2H3. The second-order valence-electron chi connectivity index (χ2n) is 6.46. The molecule has 2 heteroatoms. The Labute approximate surface area is 127 Å². The van der Waals surface area contributed by atoms with Crippen molar-refractivity contribution in [3.63, 3.8) is 0 Å². The van der Waals surface area contributed by atoms with Crippen LogP contribution in [-0.2, 0) is 4.74 Å². The third-order valence-electron chi connectivity index (χ3n) is 4.61. The lowest BCUT2D eigenvalue weighted by Crippen LogP contribution is -2.32. The van der Waals surface area contributed by atoms with Gasteiger partial charge in [0.05, 0.1) is 0 Å². The molecule has 1 atom stereocenters. The van der Waals surface area contributed by atoms with Gasteiger partial charge in [0.15, 0.2) is 0 Å². The third kappa shape index (κ3) is 8.97. The van der Waals surface area contributed by atoms with Gasteiger partial charge in [0.1, 0.15) is 0 Å². The summed E-state index contributed by atoms with van der Waals surface area (Å²) in [5.41, 5.74) is 0. The monoisotopic (exact) mass is 283 g/mol. The quantitative estimate of drug-likeness (QED) is 0.513.